The average Bonchev–Trinajstić information content (AvgIpc) is 2.73. The Balaban J connectivity index is 2.36. The molecule has 0 radical (unpaired) electrons. The van der Waals surface area contributed by atoms with Crippen molar-refractivity contribution in [2.24, 2.45) is 10.9 Å². The molecule has 1 rings (SSSR count). The first kappa shape index (κ1) is 13.0. The third-order valence-corrected chi connectivity index (χ3v) is 3.58. The lowest BCUT2D eigenvalue weighted by atomic mass is 10.3. The zero-order valence-electron chi connectivity index (χ0n) is 9.81. The van der Waals surface area contributed by atoms with Gasteiger partial charge in [0.15, 0.2) is 0 Å². The molecule has 1 heterocycles. The lowest BCUT2D eigenvalue weighted by Crippen LogP contribution is -2.24. The minimum absolute atomic E-state index is 0.285. The predicted molar refractivity (Wildman–Crippen MR) is 68.1 cm³/mol. The Morgan fingerprint density at radius 2 is 2.19 bits per heavy atom. The number of hydrogen-bond donors (Lipinski definition) is 2. The van der Waals surface area contributed by atoms with E-state index < -0.39 is 0 Å². The summed E-state index contributed by atoms with van der Waals surface area (Å²) in [7, 11) is 2.04. The normalized spacial score (nSPS) is 12.3. The van der Waals surface area contributed by atoms with Gasteiger partial charge in [-0.3, -0.25) is 0 Å². The quantitative estimate of drug-likeness (QED) is 0.346. The summed E-state index contributed by atoms with van der Waals surface area (Å²) in [5.74, 6) is 0.285. The van der Waals surface area contributed by atoms with E-state index in [0.29, 0.717) is 6.42 Å². The molecule has 1 aromatic rings. The number of nitrogens with two attached hydrogens (primary N) is 1. The van der Waals surface area contributed by atoms with Crippen molar-refractivity contribution in [1.29, 1.82) is 0 Å². The molecule has 90 valence electrons. The maximum absolute atomic E-state index is 8.42. The first-order valence-corrected chi connectivity index (χ1v) is 6.20. The number of oxime groups is 1. The van der Waals surface area contributed by atoms with Crippen molar-refractivity contribution in [2.75, 3.05) is 13.6 Å². The predicted octanol–water partition coefficient (Wildman–Crippen LogP) is 1.88. The molecule has 3 N–H and O–H groups in total. The zero-order chi connectivity index (χ0) is 12.0. The highest BCUT2D eigenvalue weighted by Gasteiger charge is 2.04. The molecule has 0 fully saturated rings. The minimum atomic E-state index is 0.285. The van der Waals surface area contributed by atoms with Crippen LogP contribution in [-0.2, 0) is 13.0 Å². The van der Waals surface area contributed by atoms with Gasteiger partial charge in [-0.05, 0) is 25.6 Å². The van der Waals surface area contributed by atoms with Crippen molar-refractivity contribution in [2.45, 2.75) is 26.3 Å². The standard InChI is InChI=1S/C11H19N3OS/c1-3-9-4-5-10(16-9)8-14(2)7-6-11(12)13-15/h4-5,15H,3,6-8H2,1-2H3,(H2,12,13). The topological polar surface area (TPSA) is 61.8 Å². The van der Waals surface area contributed by atoms with E-state index in [2.05, 4.69) is 29.1 Å². The Kier molecular flexibility index (Phi) is 5.28. The monoisotopic (exact) mass is 241 g/mol. The first-order chi connectivity index (χ1) is 7.65. The van der Waals surface area contributed by atoms with E-state index in [1.165, 1.54) is 9.75 Å². The highest BCUT2D eigenvalue weighted by atomic mass is 32.1. The molecule has 0 unspecified atom stereocenters. The Morgan fingerprint density at radius 1 is 1.50 bits per heavy atom. The van der Waals surface area contributed by atoms with Crippen LogP contribution in [0.2, 0.25) is 0 Å². The number of amidine groups is 1. The summed E-state index contributed by atoms with van der Waals surface area (Å²) in [5.41, 5.74) is 5.42. The Bertz CT molecular complexity index is 349. The summed E-state index contributed by atoms with van der Waals surface area (Å²) < 4.78 is 0. The van der Waals surface area contributed by atoms with Gasteiger partial charge in [0, 0.05) is 29.3 Å². The van der Waals surface area contributed by atoms with Crippen molar-refractivity contribution in [1.82, 2.24) is 4.90 Å². The molecule has 0 atom stereocenters. The molecule has 0 bridgehead atoms. The molecule has 0 spiro atoms. The van der Waals surface area contributed by atoms with Crippen molar-refractivity contribution in [3.8, 4) is 0 Å². The highest BCUT2D eigenvalue weighted by molar-refractivity contribution is 7.11. The van der Waals surface area contributed by atoms with E-state index in [1.54, 1.807) is 0 Å². The second kappa shape index (κ2) is 6.50. The van der Waals surface area contributed by atoms with Gasteiger partial charge in [0.1, 0.15) is 5.84 Å². The van der Waals surface area contributed by atoms with Gasteiger partial charge in [-0.15, -0.1) is 11.3 Å². The largest absolute Gasteiger partial charge is 0.409 e. The summed E-state index contributed by atoms with van der Waals surface area (Å²) in [5, 5.41) is 11.4. The van der Waals surface area contributed by atoms with Gasteiger partial charge < -0.3 is 15.8 Å². The molecular formula is C11H19N3OS. The average molecular weight is 241 g/mol. The van der Waals surface area contributed by atoms with E-state index in [-0.39, 0.29) is 5.84 Å². The third-order valence-electron chi connectivity index (χ3n) is 2.37. The number of aryl methyl sites for hydroxylation is 1. The van der Waals surface area contributed by atoms with Crippen molar-refractivity contribution < 1.29 is 5.21 Å². The minimum Gasteiger partial charge on any atom is -0.409 e. The fourth-order valence-electron chi connectivity index (χ4n) is 1.40. The molecule has 0 saturated heterocycles. The molecule has 1 aromatic heterocycles. The zero-order valence-corrected chi connectivity index (χ0v) is 10.6. The van der Waals surface area contributed by atoms with Gasteiger partial charge in [0.2, 0.25) is 0 Å². The van der Waals surface area contributed by atoms with Crippen LogP contribution in [0.15, 0.2) is 17.3 Å². The van der Waals surface area contributed by atoms with Crippen molar-refractivity contribution >= 4 is 17.2 Å². The molecule has 0 aliphatic carbocycles. The maximum atomic E-state index is 8.42. The molecule has 0 aliphatic heterocycles. The van der Waals surface area contributed by atoms with Crippen LogP contribution in [0.5, 0.6) is 0 Å². The van der Waals surface area contributed by atoms with Gasteiger partial charge in [0.25, 0.3) is 0 Å². The van der Waals surface area contributed by atoms with E-state index in [4.69, 9.17) is 10.9 Å². The lowest BCUT2D eigenvalue weighted by Gasteiger charge is -2.14. The van der Waals surface area contributed by atoms with Gasteiger partial charge in [-0.25, -0.2) is 0 Å². The number of nitrogens with zero attached hydrogens (tertiary/aromatic N) is 2. The van der Waals surface area contributed by atoms with Crippen LogP contribution < -0.4 is 5.73 Å². The lowest BCUT2D eigenvalue weighted by molar-refractivity contribution is 0.310. The molecule has 0 aromatic carbocycles. The highest BCUT2D eigenvalue weighted by Crippen LogP contribution is 2.18. The summed E-state index contributed by atoms with van der Waals surface area (Å²) in [6, 6.07) is 4.35. The van der Waals surface area contributed by atoms with Gasteiger partial charge in [-0.2, -0.15) is 0 Å². The number of hydrogen-bond acceptors (Lipinski definition) is 4. The van der Waals surface area contributed by atoms with E-state index in [9.17, 15) is 0 Å². The second-order valence-corrected chi connectivity index (χ2v) is 5.05. The summed E-state index contributed by atoms with van der Waals surface area (Å²) in [6.07, 6.45) is 1.69. The third kappa shape index (κ3) is 4.20. The van der Waals surface area contributed by atoms with Crippen LogP contribution in [0.3, 0.4) is 0 Å². The molecule has 0 saturated carbocycles. The molecule has 5 heteroatoms. The first-order valence-electron chi connectivity index (χ1n) is 5.38. The van der Waals surface area contributed by atoms with Crippen LogP contribution in [-0.4, -0.2) is 29.5 Å². The Morgan fingerprint density at radius 3 is 2.75 bits per heavy atom. The Labute approximate surface area is 100 Å². The van der Waals surface area contributed by atoms with Gasteiger partial charge >= 0.3 is 0 Å². The van der Waals surface area contributed by atoms with Crippen LogP contribution in [0, 0.1) is 0 Å². The van der Waals surface area contributed by atoms with Crippen molar-refractivity contribution in [3.05, 3.63) is 21.9 Å². The van der Waals surface area contributed by atoms with Gasteiger partial charge in [0.05, 0.1) is 0 Å². The second-order valence-electron chi connectivity index (χ2n) is 3.80. The molecular weight excluding hydrogens is 222 g/mol. The molecule has 0 amide bonds. The molecule has 4 nitrogen and oxygen atoms in total. The summed E-state index contributed by atoms with van der Waals surface area (Å²) >= 11 is 1.85. The van der Waals surface area contributed by atoms with E-state index in [1.807, 2.05) is 18.4 Å². The summed E-state index contributed by atoms with van der Waals surface area (Å²) in [4.78, 5) is 4.95. The molecule has 0 aliphatic rings. The number of thiophene rings is 1. The maximum Gasteiger partial charge on any atom is 0.140 e. The van der Waals surface area contributed by atoms with Crippen molar-refractivity contribution in [3.63, 3.8) is 0 Å². The van der Waals surface area contributed by atoms with Gasteiger partial charge in [-0.1, -0.05) is 12.1 Å². The van der Waals surface area contributed by atoms with E-state index in [0.717, 1.165) is 19.5 Å². The fraction of sp³-hybridized carbons (Fsp3) is 0.545. The SMILES string of the molecule is CCc1ccc(CN(C)CC/C(N)=N/O)s1. The van der Waals surface area contributed by atoms with Crippen LogP contribution in [0.25, 0.3) is 0 Å². The smallest absolute Gasteiger partial charge is 0.140 e. The molecule has 16 heavy (non-hydrogen) atoms. The Hall–Kier alpha value is -1.07. The number of rotatable bonds is 6. The van der Waals surface area contributed by atoms with Crippen LogP contribution in [0.4, 0.5) is 0 Å². The fourth-order valence-corrected chi connectivity index (χ4v) is 2.44. The summed E-state index contributed by atoms with van der Waals surface area (Å²) in [6.45, 7) is 3.89. The van der Waals surface area contributed by atoms with Crippen LogP contribution in [0.1, 0.15) is 23.1 Å². The van der Waals surface area contributed by atoms with E-state index >= 15 is 0 Å². The van der Waals surface area contributed by atoms with Crippen LogP contribution >= 0.6 is 11.3 Å².